The minimum atomic E-state index is -0.897. The van der Waals surface area contributed by atoms with Gasteiger partial charge in [0.2, 0.25) is 5.91 Å². The van der Waals surface area contributed by atoms with Crippen molar-refractivity contribution in [1.29, 1.82) is 0 Å². The lowest BCUT2D eigenvalue weighted by atomic mass is 9.98. The molecule has 2 aliphatic rings. The lowest BCUT2D eigenvalue weighted by molar-refractivity contribution is -0.141. The molecule has 2 aromatic carbocycles. The molecule has 0 spiro atoms. The van der Waals surface area contributed by atoms with Gasteiger partial charge >= 0.3 is 12.1 Å². The van der Waals surface area contributed by atoms with E-state index in [0.29, 0.717) is 6.42 Å². The van der Waals surface area contributed by atoms with Crippen molar-refractivity contribution in [3.05, 3.63) is 59.7 Å². The number of carboxylic acids is 1. The Morgan fingerprint density at radius 1 is 1.06 bits per heavy atom. The van der Waals surface area contributed by atoms with Crippen molar-refractivity contribution in [1.82, 2.24) is 10.6 Å². The van der Waals surface area contributed by atoms with E-state index in [1.165, 1.54) is 0 Å². The summed E-state index contributed by atoms with van der Waals surface area (Å²) in [5.74, 6) is -2.04. The average Bonchev–Trinajstić information content (AvgIpc) is 3.43. The van der Waals surface area contributed by atoms with Crippen molar-refractivity contribution in [3.63, 3.8) is 0 Å². The lowest BCUT2D eigenvalue weighted by Crippen LogP contribution is -2.51. The highest BCUT2D eigenvalue weighted by Gasteiger charge is 2.33. The van der Waals surface area contributed by atoms with Crippen molar-refractivity contribution in [3.8, 4) is 11.1 Å². The normalized spacial score (nSPS) is 19.9. The Hall–Kier alpha value is -3.39. The Balaban J connectivity index is 1.32. The number of alkyl carbamates (subject to hydrolysis) is 1. The fourth-order valence-corrected chi connectivity index (χ4v) is 4.65. The number of rotatable bonds is 8. The van der Waals surface area contributed by atoms with E-state index >= 15 is 0 Å². The highest BCUT2D eigenvalue weighted by atomic mass is 16.5. The Morgan fingerprint density at radius 2 is 1.68 bits per heavy atom. The molecule has 2 amide bonds. The van der Waals surface area contributed by atoms with Crippen molar-refractivity contribution in [2.24, 2.45) is 11.8 Å². The van der Waals surface area contributed by atoms with Gasteiger partial charge in [0.15, 0.2) is 0 Å². The maximum Gasteiger partial charge on any atom is 0.407 e. The van der Waals surface area contributed by atoms with Gasteiger partial charge in [-0.2, -0.15) is 0 Å². The summed E-state index contributed by atoms with van der Waals surface area (Å²) in [6.07, 6.45) is -0.659. The number of amides is 2. The molecule has 1 aliphatic heterocycles. The van der Waals surface area contributed by atoms with Gasteiger partial charge in [-0.25, -0.2) is 4.79 Å². The highest BCUT2D eigenvalue weighted by Crippen LogP contribution is 2.44. The molecule has 4 rings (SSSR count). The number of hydrogen-bond donors (Lipinski definition) is 3. The SMILES string of the molecule is CC(C)[C@@H](NC(=O)OCC1c2ccccc2-c2ccccc21)C(=O)NC[C@H]1C[C@@H](C(=O)O)CO1. The van der Waals surface area contributed by atoms with Crippen LogP contribution >= 0.6 is 0 Å². The van der Waals surface area contributed by atoms with Crippen LogP contribution in [0.25, 0.3) is 11.1 Å². The van der Waals surface area contributed by atoms with Gasteiger partial charge < -0.3 is 25.2 Å². The Kier molecular flexibility index (Phi) is 7.17. The molecule has 1 aliphatic carbocycles. The first kappa shape index (κ1) is 23.8. The van der Waals surface area contributed by atoms with Crippen LogP contribution in [0.3, 0.4) is 0 Å². The molecule has 180 valence electrons. The Labute approximate surface area is 198 Å². The first-order chi connectivity index (χ1) is 16.3. The van der Waals surface area contributed by atoms with Crippen LogP contribution in [0.4, 0.5) is 4.79 Å². The summed E-state index contributed by atoms with van der Waals surface area (Å²) in [5.41, 5.74) is 4.52. The summed E-state index contributed by atoms with van der Waals surface area (Å²) >= 11 is 0. The standard InChI is InChI=1S/C26H30N2O6/c1-15(2)23(24(29)27-12-17-11-16(13-33-17)25(30)31)28-26(32)34-14-22-20-9-5-3-7-18(20)19-8-4-6-10-21(19)22/h3-10,15-17,22-23H,11-14H2,1-2H3,(H,27,29)(H,28,32)(H,30,31)/t16-,17-,23-/m1/s1. The second-order valence-electron chi connectivity index (χ2n) is 9.16. The van der Waals surface area contributed by atoms with Crippen LogP contribution in [0.5, 0.6) is 0 Å². The lowest BCUT2D eigenvalue weighted by Gasteiger charge is -2.23. The number of carbonyl (C=O) groups excluding carboxylic acids is 2. The van der Waals surface area contributed by atoms with Crippen molar-refractivity contribution in [2.75, 3.05) is 19.8 Å². The minimum absolute atomic E-state index is 0.0637. The third-order valence-corrected chi connectivity index (χ3v) is 6.50. The van der Waals surface area contributed by atoms with E-state index in [1.807, 2.05) is 50.2 Å². The number of hydrogen-bond acceptors (Lipinski definition) is 5. The number of ether oxygens (including phenoxy) is 2. The largest absolute Gasteiger partial charge is 0.481 e. The Morgan fingerprint density at radius 3 is 2.24 bits per heavy atom. The van der Waals surface area contributed by atoms with Crippen LogP contribution in [-0.4, -0.2) is 55.0 Å². The third-order valence-electron chi connectivity index (χ3n) is 6.50. The molecule has 3 N–H and O–H groups in total. The second-order valence-corrected chi connectivity index (χ2v) is 9.16. The topological polar surface area (TPSA) is 114 Å². The van der Waals surface area contributed by atoms with Gasteiger partial charge in [0.1, 0.15) is 12.6 Å². The summed E-state index contributed by atoms with van der Waals surface area (Å²) in [7, 11) is 0. The van der Waals surface area contributed by atoms with Crippen LogP contribution in [0.2, 0.25) is 0 Å². The zero-order valence-corrected chi connectivity index (χ0v) is 19.3. The van der Waals surface area contributed by atoms with E-state index in [2.05, 4.69) is 22.8 Å². The maximum absolute atomic E-state index is 12.7. The van der Waals surface area contributed by atoms with E-state index in [0.717, 1.165) is 22.3 Å². The van der Waals surface area contributed by atoms with E-state index in [4.69, 9.17) is 14.6 Å². The molecular formula is C26H30N2O6. The number of carboxylic acid groups (broad SMARTS) is 1. The molecule has 1 heterocycles. The summed E-state index contributed by atoms with van der Waals surface area (Å²) in [4.78, 5) is 36.4. The first-order valence-corrected chi connectivity index (χ1v) is 11.6. The molecule has 0 radical (unpaired) electrons. The molecular weight excluding hydrogens is 436 g/mol. The molecule has 0 bridgehead atoms. The number of aliphatic carboxylic acids is 1. The number of carbonyl (C=O) groups is 3. The molecule has 1 saturated heterocycles. The summed E-state index contributed by atoms with van der Waals surface area (Å²) in [5, 5.41) is 14.5. The fraction of sp³-hybridized carbons (Fsp3) is 0.423. The fourth-order valence-electron chi connectivity index (χ4n) is 4.65. The van der Waals surface area contributed by atoms with Crippen LogP contribution < -0.4 is 10.6 Å². The summed E-state index contributed by atoms with van der Waals surface area (Å²) in [6, 6.07) is 15.4. The molecule has 8 nitrogen and oxygen atoms in total. The summed E-state index contributed by atoms with van der Waals surface area (Å²) < 4.78 is 11.0. The molecule has 34 heavy (non-hydrogen) atoms. The molecule has 8 heteroatoms. The second kappa shape index (κ2) is 10.3. The molecule has 0 aromatic heterocycles. The quantitative estimate of drug-likeness (QED) is 0.551. The monoisotopic (exact) mass is 466 g/mol. The predicted molar refractivity (Wildman–Crippen MR) is 125 cm³/mol. The van der Waals surface area contributed by atoms with Crippen molar-refractivity contribution < 1.29 is 29.0 Å². The van der Waals surface area contributed by atoms with Gasteiger partial charge in [0.25, 0.3) is 0 Å². The van der Waals surface area contributed by atoms with Crippen molar-refractivity contribution >= 4 is 18.0 Å². The number of benzene rings is 2. The zero-order chi connectivity index (χ0) is 24.2. The highest BCUT2D eigenvalue weighted by molar-refractivity contribution is 5.86. The van der Waals surface area contributed by atoms with Gasteiger partial charge in [-0.3, -0.25) is 9.59 Å². The average molecular weight is 467 g/mol. The van der Waals surface area contributed by atoms with Crippen LogP contribution in [0.1, 0.15) is 37.3 Å². The predicted octanol–water partition coefficient (Wildman–Crippen LogP) is 3.16. The maximum atomic E-state index is 12.7. The zero-order valence-electron chi connectivity index (χ0n) is 19.3. The number of nitrogens with one attached hydrogen (secondary N) is 2. The smallest absolute Gasteiger partial charge is 0.407 e. The summed E-state index contributed by atoms with van der Waals surface area (Å²) in [6.45, 7) is 4.17. The van der Waals surface area contributed by atoms with Gasteiger partial charge in [0, 0.05) is 12.5 Å². The number of fused-ring (bicyclic) bond motifs is 3. The molecule has 2 aromatic rings. The van der Waals surface area contributed by atoms with E-state index in [9.17, 15) is 14.4 Å². The van der Waals surface area contributed by atoms with Gasteiger partial charge in [-0.05, 0) is 34.6 Å². The molecule has 0 unspecified atom stereocenters. The van der Waals surface area contributed by atoms with E-state index in [1.54, 1.807) is 0 Å². The van der Waals surface area contributed by atoms with Crippen LogP contribution in [-0.2, 0) is 19.1 Å². The third kappa shape index (κ3) is 5.07. The van der Waals surface area contributed by atoms with Gasteiger partial charge in [0.05, 0.1) is 18.6 Å². The van der Waals surface area contributed by atoms with Crippen molar-refractivity contribution in [2.45, 2.75) is 38.3 Å². The van der Waals surface area contributed by atoms with E-state index in [-0.39, 0.29) is 43.6 Å². The van der Waals surface area contributed by atoms with Gasteiger partial charge in [-0.1, -0.05) is 62.4 Å². The first-order valence-electron chi connectivity index (χ1n) is 11.6. The van der Waals surface area contributed by atoms with Crippen LogP contribution in [0, 0.1) is 11.8 Å². The van der Waals surface area contributed by atoms with Gasteiger partial charge in [-0.15, -0.1) is 0 Å². The Bertz CT molecular complexity index is 1020. The molecule has 0 saturated carbocycles. The van der Waals surface area contributed by atoms with E-state index < -0.39 is 24.0 Å². The minimum Gasteiger partial charge on any atom is -0.481 e. The molecule has 3 atom stereocenters. The van der Waals surface area contributed by atoms with Crippen LogP contribution in [0.15, 0.2) is 48.5 Å². The molecule has 1 fully saturated rings.